The summed E-state index contributed by atoms with van der Waals surface area (Å²) in [5.74, 6) is -2.25. The van der Waals surface area contributed by atoms with Crippen LogP contribution in [0.1, 0.15) is 50.7 Å². The molecule has 3 aliphatic rings. The van der Waals surface area contributed by atoms with Gasteiger partial charge in [-0.2, -0.15) is 28.4 Å². The number of fused-ring (bicyclic) bond motifs is 2. The number of anilines is 2. The molecule has 2 aliphatic heterocycles. The van der Waals surface area contributed by atoms with E-state index in [0.717, 1.165) is 44.0 Å². The van der Waals surface area contributed by atoms with Gasteiger partial charge in [-0.25, -0.2) is 8.78 Å². The topological polar surface area (TPSA) is 112 Å². The van der Waals surface area contributed by atoms with E-state index in [2.05, 4.69) is 14.9 Å². The molecule has 0 radical (unpaired) electrons. The Labute approximate surface area is 283 Å². The van der Waals surface area contributed by atoms with E-state index >= 15 is 4.39 Å². The van der Waals surface area contributed by atoms with Gasteiger partial charge in [-0.1, -0.05) is 6.07 Å². The van der Waals surface area contributed by atoms with Crippen LogP contribution in [0.5, 0.6) is 6.01 Å². The maximum Gasteiger partial charge on any atom is 0.417 e. The number of hydrogen-bond acceptors (Lipinski definition) is 9. The van der Waals surface area contributed by atoms with Crippen molar-refractivity contribution in [2.45, 2.75) is 63.8 Å². The zero-order valence-corrected chi connectivity index (χ0v) is 28.1. The number of benzene rings is 2. The molecule has 15 heteroatoms. The van der Waals surface area contributed by atoms with E-state index in [4.69, 9.17) is 10.5 Å². The molecule has 3 atom stereocenters. The summed E-state index contributed by atoms with van der Waals surface area (Å²) in [5.41, 5.74) is 2.99. The number of carbonyl (C=O) groups is 1. The lowest BCUT2D eigenvalue weighted by Crippen LogP contribution is -2.43. The van der Waals surface area contributed by atoms with Crippen molar-refractivity contribution < 1.29 is 31.5 Å². The van der Waals surface area contributed by atoms with E-state index in [9.17, 15) is 27.6 Å². The van der Waals surface area contributed by atoms with Gasteiger partial charge in [0, 0.05) is 55.5 Å². The molecule has 0 bridgehead atoms. The summed E-state index contributed by atoms with van der Waals surface area (Å²) in [4.78, 5) is 26.7. The molecule has 7 rings (SSSR count). The van der Waals surface area contributed by atoms with Crippen molar-refractivity contribution in [3.63, 3.8) is 0 Å². The number of nitrogens with zero attached hydrogens (tertiary/aromatic N) is 6. The van der Waals surface area contributed by atoms with Crippen LogP contribution in [0.2, 0.25) is 0 Å². The summed E-state index contributed by atoms with van der Waals surface area (Å²) in [6.45, 7) is 4.86. The van der Waals surface area contributed by atoms with Crippen LogP contribution in [0.4, 0.5) is 32.8 Å². The smallest absolute Gasteiger partial charge is 0.417 e. The third kappa shape index (κ3) is 5.49. The molecule has 9 nitrogen and oxygen atoms in total. The highest BCUT2D eigenvalue weighted by molar-refractivity contribution is 7.23. The number of hydrogen-bond donors (Lipinski definition) is 1. The number of amides is 1. The van der Waals surface area contributed by atoms with E-state index in [1.165, 1.54) is 6.92 Å². The molecule has 49 heavy (non-hydrogen) atoms. The summed E-state index contributed by atoms with van der Waals surface area (Å²) >= 11 is 0.702. The standard InChI is InChI=1S/C34H34F5N7O2S/c1-16-24(7-10-46(16)17(2)47)45(4)31-20-11-22(34(37,38)39)26(19-5-6-23(35)29-25(19)21(13-40)30(41)49-29)27(36)28(20)42-32(43-31)48-14-18-12-33(8-9-33)15-44(18)3/h5-6,11,16,18,24H,7-10,12,14-15,41H2,1-4H3. The lowest BCUT2D eigenvalue weighted by atomic mass is 9.92. The number of likely N-dealkylation sites (tertiary alicyclic amines) is 2. The fourth-order valence-electron chi connectivity index (χ4n) is 7.84. The van der Waals surface area contributed by atoms with Crippen LogP contribution in [0.15, 0.2) is 18.2 Å². The highest BCUT2D eigenvalue weighted by atomic mass is 32.1. The van der Waals surface area contributed by atoms with Crippen molar-refractivity contribution in [2.24, 2.45) is 5.41 Å². The van der Waals surface area contributed by atoms with Gasteiger partial charge in [0.05, 0.1) is 21.9 Å². The van der Waals surface area contributed by atoms with Crippen molar-refractivity contribution in [1.82, 2.24) is 19.8 Å². The second-order valence-electron chi connectivity index (χ2n) is 13.6. The first-order valence-electron chi connectivity index (χ1n) is 16.0. The van der Waals surface area contributed by atoms with Gasteiger partial charge in [0.2, 0.25) is 5.91 Å². The molecule has 2 aromatic heterocycles. The van der Waals surface area contributed by atoms with Gasteiger partial charge in [-0.3, -0.25) is 9.69 Å². The van der Waals surface area contributed by atoms with E-state index in [-0.39, 0.29) is 79.5 Å². The first kappa shape index (κ1) is 33.2. The first-order valence-corrected chi connectivity index (χ1v) is 16.8. The lowest BCUT2D eigenvalue weighted by molar-refractivity contribution is -0.137. The Morgan fingerprint density at radius 3 is 2.61 bits per heavy atom. The number of nitrogen functional groups attached to an aromatic ring is 1. The number of thiophene rings is 1. The van der Waals surface area contributed by atoms with Crippen LogP contribution >= 0.6 is 11.3 Å². The second-order valence-corrected chi connectivity index (χ2v) is 14.6. The summed E-state index contributed by atoms with van der Waals surface area (Å²) in [6, 6.07) is 3.76. The average Bonchev–Trinajstić information content (AvgIpc) is 3.36. The number of carbonyl (C=O) groups excluding carboxylic acids is 1. The Bertz CT molecular complexity index is 2060. The molecule has 1 aliphatic carbocycles. The number of likely N-dealkylation sites (N-methyl/N-ethyl adjacent to an activating group) is 2. The predicted octanol–water partition coefficient (Wildman–Crippen LogP) is 6.57. The monoisotopic (exact) mass is 699 g/mol. The summed E-state index contributed by atoms with van der Waals surface area (Å²) in [6.07, 6.45) is -1.38. The Hall–Kier alpha value is -4.29. The maximum atomic E-state index is 17.0. The van der Waals surface area contributed by atoms with Gasteiger partial charge < -0.3 is 20.3 Å². The van der Waals surface area contributed by atoms with Crippen molar-refractivity contribution in [1.29, 1.82) is 5.26 Å². The quantitative estimate of drug-likeness (QED) is 0.225. The van der Waals surface area contributed by atoms with Crippen molar-refractivity contribution in [3.05, 3.63) is 41.0 Å². The molecular formula is C34H34F5N7O2S. The molecule has 1 spiro atoms. The normalized spacial score (nSPS) is 22.0. The number of nitriles is 1. The fraction of sp³-hybridized carbons (Fsp3) is 0.471. The van der Waals surface area contributed by atoms with Gasteiger partial charge in [0.25, 0.3) is 0 Å². The zero-order valence-electron chi connectivity index (χ0n) is 27.3. The molecule has 2 N–H and O–H groups in total. The highest BCUT2D eigenvalue weighted by Gasteiger charge is 2.51. The van der Waals surface area contributed by atoms with E-state index < -0.39 is 34.5 Å². The molecule has 2 saturated heterocycles. The lowest BCUT2D eigenvalue weighted by Gasteiger charge is -2.32. The Morgan fingerprint density at radius 1 is 1.27 bits per heavy atom. The van der Waals surface area contributed by atoms with Gasteiger partial charge in [-0.05, 0) is 62.8 Å². The fourth-order valence-corrected chi connectivity index (χ4v) is 8.79. The maximum absolute atomic E-state index is 17.0. The summed E-state index contributed by atoms with van der Waals surface area (Å²) in [7, 11) is 3.65. The zero-order chi connectivity index (χ0) is 35.2. The van der Waals surface area contributed by atoms with E-state index in [0.29, 0.717) is 24.3 Å². The van der Waals surface area contributed by atoms with Crippen LogP contribution in [0.25, 0.3) is 32.1 Å². The second kappa shape index (κ2) is 11.7. The number of halogens is 5. The Kier molecular flexibility index (Phi) is 7.90. The molecule has 4 aromatic rings. The minimum absolute atomic E-state index is 0.0124. The molecule has 4 heterocycles. The van der Waals surface area contributed by atoms with Crippen LogP contribution in [-0.4, -0.2) is 77.6 Å². The van der Waals surface area contributed by atoms with Gasteiger partial charge in [0.15, 0.2) is 5.82 Å². The number of ether oxygens (including phenoxy) is 1. The minimum Gasteiger partial charge on any atom is -0.462 e. The molecule has 1 amide bonds. The Morgan fingerprint density at radius 2 is 2.00 bits per heavy atom. The van der Waals surface area contributed by atoms with Crippen LogP contribution in [0.3, 0.4) is 0 Å². The van der Waals surface area contributed by atoms with Gasteiger partial charge >= 0.3 is 12.2 Å². The molecule has 1 saturated carbocycles. The van der Waals surface area contributed by atoms with Gasteiger partial charge in [0.1, 0.15) is 34.8 Å². The first-order chi connectivity index (χ1) is 23.1. The number of nitrogens with two attached hydrogens (primary N) is 1. The number of alkyl halides is 3. The Balaban J connectivity index is 1.44. The molecule has 2 aromatic carbocycles. The largest absolute Gasteiger partial charge is 0.462 e. The number of aromatic nitrogens is 2. The van der Waals surface area contributed by atoms with Crippen molar-refractivity contribution in [2.75, 3.05) is 44.4 Å². The van der Waals surface area contributed by atoms with E-state index in [1.807, 2.05) is 20.0 Å². The minimum atomic E-state index is -5.08. The highest BCUT2D eigenvalue weighted by Crippen LogP contribution is 2.54. The SMILES string of the molecule is CC(=O)N1CCC(N(C)c2nc(OCC3CC4(CC4)CN3C)nc3c(F)c(-c4ccc(F)c5sc(N)c(C#N)c45)c(C(F)(F)F)cc23)C1C. The third-order valence-corrected chi connectivity index (χ3v) is 11.6. The predicted molar refractivity (Wildman–Crippen MR) is 176 cm³/mol. The van der Waals surface area contributed by atoms with Crippen molar-refractivity contribution >= 4 is 49.1 Å². The van der Waals surface area contributed by atoms with Crippen LogP contribution < -0.4 is 15.4 Å². The number of rotatable bonds is 6. The van der Waals surface area contributed by atoms with Crippen LogP contribution in [-0.2, 0) is 11.0 Å². The summed E-state index contributed by atoms with van der Waals surface area (Å²) < 4.78 is 82.8. The average molecular weight is 700 g/mol. The molecule has 3 unspecified atom stereocenters. The van der Waals surface area contributed by atoms with Crippen LogP contribution in [0, 0.1) is 28.4 Å². The van der Waals surface area contributed by atoms with E-state index in [1.54, 1.807) is 16.8 Å². The molecular weight excluding hydrogens is 665 g/mol. The van der Waals surface area contributed by atoms with Crippen molar-refractivity contribution in [3.8, 4) is 23.2 Å². The molecule has 258 valence electrons. The van der Waals surface area contributed by atoms with Gasteiger partial charge in [-0.15, -0.1) is 11.3 Å². The third-order valence-electron chi connectivity index (χ3n) is 10.6. The molecule has 3 fully saturated rings. The summed E-state index contributed by atoms with van der Waals surface area (Å²) in [5, 5.41) is 9.30.